The Morgan fingerprint density at radius 3 is 1.58 bits per heavy atom. The van der Waals surface area contributed by atoms with Crippen molar-refractivity contribution in [3.8, 4) is 0 Å². The van der Waals surface area contributed by atoms with Gasteiger partial charge >= 0.3 is 0 Å². The topological polar surface area (TPSA) is 20.2 Å². The van der Waals surface area contributed by atoms with Crippen molar-refractivity contribution in [2.45, 2.75) is 27.7 Å². The van der Waals surface area contributed by atoms with Gasteiger partial charge in [0.25, 0.3) is 0 Å². The van der Waals surface area contributed by atoms with Crippen molar-refractivity contribution in [1.29, 1.82) is 0 Å². The first kappa shape index (κ1) is 13.7. The molecule has 1 aromatic carbocycles. The van der Waals surface area contributed by atoms with Crippen molar-refractivity contribution < 1.29 is 5.11 Å². The molecular formula is C11H20O. The Morgan fingerprint density at radius 1 is 1.08 bits per heavy atom. The summed E-state index contributed by atoms with van der Waals surface area (Å²) in [5, 5.41) is 7.57. The number of aliphatic hydroxyl groups excluding tert-OH is 1. The fraction of sp³-hybridized carbons (Fsp3) is 0.455. The number of rotatable bonds is 0. The molecule has 70 valence electrons. The van der Waals surface area contributed by atoms with E-state index in [4.69, 9.17) is 5.11 Å². The molecule has 1 N–H and O–H groups in total. The quantitative estimate of drug-likeness (QED) is 0.631. The van der Waals surface area contributed by atoms with Gasteiger partial charge in [0.15, 0.2) is 0 Å². The molecule has 1 heteroatoms. The Morgan fingerprint density at radius 2 is 1.42 bits per heavy atom. The number of benzene rings is 1. The van der Waals surface area contributed by atoms with Crippen LogP contribution < -0.4 is 0 Å². The van der Waals surface area contributed by atoms with Crippen molar-refractivity contribution in [1.82, 2.24) is 0 Å². The zero-order valence-corrected chi connectivity index (χ0v) is 8.54. The minimum Gasteiger partial charge on any atom is -0.397 e. The summed E-state index contributed by atoms with van der Waals surface area (Å²) in [5.41, 5.74) is 1.32. The third-order valence-electron chi connectivity index (χ3n) is 0.940. The molecule has 0 saturated heterocycles. The largest absolute Gasteiger partial charge is 0.397 e. The molecule has 0 aliphatic carbocycles. The van der Waals surface area contributed by atoms with Gasteiger partial charge in [-0.2, -0.15) is 0 Å². The molecule has 0 aliphatic heterocycles. The first-order valence-electron chi connectivity index (χ1n) is 4.43. The van der Waals surface area contributed by atoms with Crippen molar-refractivity contribution in [2.75, 3.05) is 6.61 Å². The molecule has 0 unspecified atom stereocenters. The van der Waals surface area contributed by atoms with Crippen molar-refractivity contribution in [3.63, 3.8) is 0 Å². The Hall–Kier alpha value is -0.820. The Labute approximate surface area is 76.1 Å². The van der Waals surface area contributed by atoms with Crippen LogP contribution in [0.2, 0.25) is 0 Å². The van der Waals surface area contributed by atoms with E-state index >= 15 is 0 Å². The van der Waals surface area contributed by atoms with Crippen LogP contribution in [0, 0.1) is 6.92 Å². The normalized spacial score (nSPS) is 7.08. The van der Waals surface area contributed by atoms with Gasteiger partial charge in [-0.1, -0.05) is 49.7 Å². The molecule has 0 spiro atoms. The molecule has 0 heterocycles. The van der Waals surface area contributed by atoms with E-state index < -0.39 is 0 Å². The van der Waals surface area contributed by atoms with Crippen molar-refractivity contribution in [3.05, 3.63) is 35.9 Å². The molecule has 0 atom stereocenters. The van der Waals surface area contributed by atoms with Gasteiger partial charge in [0.2, 0.25) is 0 Å². The van der Waals surface area contributed by atoms with Gasteiger partial charge < -0.3 is 5.11 Å². The van der Waals surface area contributed by atoms with Gasteiger partial charge in [0, 0.05) is 6.61 Å². The van der Waals surface area contributed by atoms with Gasteiger partial charge in [-0.05, 0) is 13.8 Å². The Kier molecular flexibility index (Phi) is 14.7. The fourth-order valence-electron chi connectivity index (χ4n) is 0.534. The number of hydrogen-bond donors (Lipinski definition) is 1. The van der Waals surface area contributed by atoms with Crippen LogP contribution in [0.25, 0.3) is 0 Å². The second-order valence-electron chi connectivity index (χ2n) is 1.97. The molecule has 0 amide bonds. The van der Waals surface area contributed by atoms with Gasteiger partial charge in [-0.3, -0.25) is 0 Å². The molecule has 0 saturated carbocycles. The highest BCUT2D eigenvalue weighted by Gasteiger charge is 1.72. The highest BCUT2D eigenvalue weighted by molar-refractivity contribution is 5.11. The lowest BCUT2D eigenvalue weighted by atomic mass is 10.2. The van der Waals surface area contributed by atoms with E-state index in [2.05, 4.69) is 19.1 Å². The monoisotopic (exact) mass is 168 g/mol. The second kappa shape index (κ2) is 12.8. The van der Waals surface area contributed by atoms with Gasteiger partial charge in [-0.15, -0.1) is 0 Å². The van der Waals surface area contributed by atoms with E-state index in [0.29, 0.717) is 0 Å². The predicted molar refractivity (Wildman–Crippen MR) is 55.3 cm³/mol. The van der Waals surface area contributed by atoms with E-state index in [0.717, 1.165) is 0 Å². The standard InChI is InChI=1S/C7H8.C2H6O.C2H6/c1-7-5-3-2-4-6-7;1-2-3;1-2/h2-6H,1H3;3H,2H2,1H3;1-2H3. The maximum absolute atomic E-state index is 7.57. The van der Waals surface area contributed by atoms with Gasteiger partial charge in [0.1, 0.15) is 0 Å². The molecule has 0 aliphatic rings. The number of aliphatic hydroxyl groups is 1. The average molecular weight is 168 g/mol. The van der Waals surface area contributed by atoms with Crippen LogP contribution in [0.5, 0.6) is 0 Å². The molecule has 0 radical (unpaired) electrons. The predicted octanol–water partition coefficient (Wildman–Crippen LogP) is 3.02. The van der Waals surface area contributed by atoms with Crippen LogP contribution in [0.1, 0.15) is 26.3 Å². The minimum absolute atomic E-state index is 0.250. The van der Waals surface area contributed by atoms with Crippen LogP contribution >= 0.6 is 0 Å². The number of hydrogen-bond acceptors (Lipinski definition) is 1. The van der Waals surface area contributed by atoms with Crippen LogP contribution in [0.4, 0.5) is 0 Å². The average Bonchev–Trinajstić information content (AvgIpc) is 2.11. The third-order valence-corrected chi connectivity index (χ3v) is 0.940. The molecule has 0 fully saturated rings. The summed E-state index contributed by atoms with van der Waals surface area (Å²) >= 11 is 0. The Bertz CT molecular complexity index is 146. The molecule has 0 bridgehead atoms. The molecule has 1 aromatic rings. The lowest BCUT2D eigenvalue weighted by Gasteiger charge is -1.82. The summed E-state index contributed by atoms with van der Waals surface area (Å²) in [4.78, 5) is 0. The Balaban J connectivity index is 0. The molecule has 0 aromatic heterocycles. The second-order valence-corrected chi connectivity index (χ2v) is 1.97. The first-order valence-corrected chi connectivity index (χ1v) is 4.43. The summed E-state index contributed by atoms with van der Waals surface area (Å²) in [6, 6.07) is 10.3. The highest BCUT2D eigenvalue weighted by Crippen LogP contribution is 1.92. The van der Waals surface area contributed by atoms with Crippen LogP contribution in [-0.2, 0) is 0 Å². The maximum Gasteiger partial charge on any atom is 0.0402 e. The summed E-state index contributed by atoms with van der Waals surface area (Å²) in [6.07, 6.45) is 0. The first-order chi connectivity index (χ1) is 5.81. The molecular weight excluding hydrogens is 148 g/mol. The third kappa shape index (κ3) is 11.9. The van der Waals surface area contributed by atoms with E-state index in [9.17, 15) is 0 Å². The number of aryl methyl sites for hydroxylation is 1. The maximum atomic E-state index is 7.57. The highest BCUT2D eigenvalue weighted by atomic mass is 16.2. The zero-order valence-electron chi connectivity index (χ0n) is 8.54. The van der Waals surface area contributed by atoms with Gasteiger partial charge in [-0.25, -0.2) is 0 Å². The zero-order chi connectivity index (χ0) is 9.82. The van der Waals surface area contributed by atoms with Crippen molar-refractivity contribution >= 4 is 0 Å². The summed E-state index contributed by atoms with van der Waals surface area (Å²) in [7, 11) is 0. The summed E-state index contributed by atoms with van der Waals surface area (Å²) in [5.74, 6) is 0. The van der Waals surface area contributed by atoms with E-state index in [1.165, 1.54) is 5.56 Å². The molecule has 12 heavy (non-hydrogen) atoms. The summed E-state index contributed by atoms with van der Waals surface area (Å²) < 4.78 is 0. The van der Waals surface area contributed by atoms with Crippen LogP contribution in [0.15, 0.2) is 30.3 Å². The lowest BCUT2D eigenvalue weighted by Crippen LogP contribution is -1.62. The SMILES string of the molecule is CC.CCO.Cc1ccccc1. The smallest absolute Gasteiger partial charge is 0.0402 e. The van der Waals surface area contributed by atoms with E-state index in [1.807, 2.05) is 32.0 Å². The van der Waals surface area contributed by atoms with Gasteiger partial charge in [0.05, 0.1) is 0 Å². The lowest BCUT2D eigenvalue weighted by molar-refractivity contribution is 0.318. The summed E-state index contributed by atoms with van der Waals surface area (Å²) in [6.45, 7) is 8.01. The molecule has 1 nitrogen and oxygen atoms in total. The van der Waals surface area contributed by atoms with Crippen LogP contribution in [-0.4, -0.2) is 11.7 Å². The van der Waals surface area contributed by atoms with Crippen LogP contribution in [0.3, 0.4) is 0 Å². The fourth-order valence-corrected chi connectivity index (χ4v) is 0.534. The van der Waals surface area contributed by atoms with E-state index in [-0.39, 0.29) is 6.61 Å². The molecule has 1 rings (SSSR count). The van der Waals surface area contributed by atoms with Crippen molar-refractivity contribution in [2.24, 2.45) is 0 Å². The van der Waals surface area contributed by atoms with E-state index in [1.54, 1.807) is 6.92 Å². The minimum atomic E-state index is 0.250.